The van der Waals surface area contributed by atoms with Crippen molar-refractivity contribution in [2.75, 3.05) is 11.4 Å². The largest absolute Gasteiger partial charge is 0.387 e. The first-order valence-corrected chi connectivity index (χ1v) is 6.91. The maximum atomic E-state index is 11.9. The van der Waals surface area contributed by atoms with E-state index in [1.54, 1.807) is 6.92 Å². The van der Waals surface area contributed by atoms with Crippen molar-refractivity contribution in [3.63, 3.8) is 0 Å². The van der Waals surface area contributed by atoms with Gasteiger partial charge < -0.3 is 15.7 Å². The number of carbonyl (C=O) groups is 1. The summed E-state index contributed by atoms with van der Waals surface area (Å²) in [6.45, 7) is 4.46. The Bertz CT molecular complexity index is 471. The topological polar surface area (TPSA) is 66.6 Å². The molecule has 0 aromatic heterocycles. The third kappa shape index (κ3) is 2.80. The molecule has 1 heterocycles. The number of rotatable bonds is 3. The van der Waals surface area contributed by atoms with Crippen LogP contribution in [0.25, 0.3) is 0 Å². The molecule has 2 unspecified atom stereocenters. The predicted octanol–water partition coefficient (Wildman–Crippen LogP) is 1.76. The molecule has 1 aromatic carbocycles. The SMILES string of the molecule is CCC(=O)N1CCCc2cc(C(O)C(C)N)ccc21. The maximum absolute atomic E-state index is 11.9. The monoisotopic (exact) mass is 262 g/mol. The molecule has 2 atom stereocenters. The second-order valence-corrected chi connectivity index (χ2v) is 5.19. The van der Waals surface area contributed by atoms with Crippen LogP contribution in [0.2, 0.25) is 0 Å². The van der Waals surface area contributed by atoms with Gasteiger partial charge in [0.15, 0.2) is 0 Å². The number of nitrogens with zero attached hydrogens (tertiary/aromatic N) is 1. The molecule has 0 aliphatic carbocycles. The van der Waals surface area contributed by atoms with E-state index in [1.165, 1.54) is 0 Å². The number of hydrogen-bond donors (Lipinski definition) is 2. The molecule has 0 fully saturated rings. The van der Waals surface area contributed by atoms with Crippen LogP contribution in [0.1, 0.15) is 43.9 Å². The summed E-state index contributed by atoms with van der Waals surface area (Å²) in [6.07, 6.45) is 1.78. The van der Waals surface area contributed by atoms with E-state index in [-0.39, 0.29) is 11.9 Å². The van der Waals surface area contributed by atoms with Crippen molar-refractivity contribution >= 4 is 11.6 Å². The highest BCUT2D eigenvalue weighted by Crippen LogP contribution is 2.30. The molecule has 19 heavy (non-hydrogen) atoms. The number of aryl methyl sites for hydroxylation is 1. The maximum Gasteiger partial charge on any atom is 0.226 e. The molecule has 0 spiro atoms. The minimum Gasteiger partial charge on any atom is -0.387 e. The molecule has 4 heteroatoms. The standard InChI is InChI=1S/C15H22N2O2/c1-3-14(18)17-8-4-5-11-9-12(6-7-13(11)17)15(19)10(2)16/h6-7,9-10,15,19H,3-5,8,16H2,1-2H3. The summed E-state index contributed by atoms with van der Waals surface area (Å²) in [6, 6.07) is 5.49. The fraction of sp³-hybridized carbons (Fsp3) is 0.533. The van der Waals surface area contributed by atoms with Gasteiger partial charge in [-0.15, -0.1) is 0 Å². The van der Waals surface area contributed by atoms with Gasteiger partial charge in [0, 0.05) is 24.7 Å². The zero-order valence-electron chi connectivity index (χ0n) is 11.6. The van der Waals surface area contributed by atoms with Gasteiger partial charge in [-0.25, -0.2) is 0 Å². The first-order chi connectivity index (χ1) is 9.04. The Hall–Kier alpha value is -1.39. The van der Waals surface area contributed by atoms with Crippen molar-refractivity contribution in [2.24, 2.45) is 5.73 Å². The Balaban J connectivity index is 2.33. The smallest absolute Gasteiger partial charge is 0.226 e. The zero-order valence-corrected chi connectivity index (χ0v) is 11.6. The highest BCUT2D eigenvalue weighted by atomic mass is 16.3. The van der Waals surface area contributed by atoms with E-state index in [2.05, 4.69) is 0 Å². The number of anilines is 1. The molecule has 1 aliphatic heterocycles. The molecular weight excluding hydrogens is 240 g/mol. The van der Waals surface area contributed by atoms with E-state index in [1.807, 2.05) is 30.0 Å². The first-order valence-electron chi connectivity index (χ1n) is 6.91. The molecule has 0 saturated carbocycles. The molecule has 3 N–H and O–H groups in total. The minimum atomic E-state index is -0.650. The average molecular weight is 262 g/mol. The second kappa shape index (κ2) is 5.72. The number of nitrogens with two attached hydrogens (primary N) is 1. The molecule has 0 bridgehead atoms. The van der Waals surface area contributed by atoms with Crippen molar-refractivity contribution in [2.45, 2.75) is 45.3 Å². The van der Waals surface area contributed by atoms with Gasteiger partial charge in [-0.3, -0.25) is 4.79 Å². The quantitative estimate of drug-likeness (QED) is 0.872. The summed E-state index contributed by atoms with van der Waals surface area (Å²) >= 11 is 0. The number of aliphatic hydroxyl groups is 1. The van der Waals surface area contributed by atoms with E-state index in [4.69, 9.17) is 5.73 Å². The van der Waals surface area contributed by atoms with Crippen molar-refractivity contribution < 1.29 is 9.90 Å². The Morgan fingerprint density at radius 1 is 1.53 bits per heavy atom. The average Bonchev–Trinajstić information content (AvgIpc) is 2.44. The second-order valence-electron chi connectivity index (χ2n) is 5.19. The summed E-state index contributed by atoms with van der Waals surface area (Å²) in [5.41, 5.74) is 8.67. The van der Waals surface area contributed by atoms with Gasteiger partial charge in [0.1, 0.15) is 0 Å². The van der Waals surface area contributed by atoms with Gasteiger partial charge in [-0.1, -0.05) is 19.1 Å². The Morgan fingerprint density at radius 3 is 2.89 bits per heavy atom. The van der Waals surface area contributed by atoms with E-state index >= 15 is 0 Å². The number of benzene rings is 1. The lowest BCUT2D eigenvalue weighted by molar-refractivity contribution is -0.118. The Kier molecular flexibility index (Phi) is 4.22. The lowest BCUT2D eigenvalue weighted by atomic mass is 9.95. The summed E-state index contributed by atoms with van der Waals surface area (Å²) in [4.78, 5) is 13.8. The van der Waals surface area contributed by atoms with Gasteiger partial charge in [0.2, 0.25) is 5.91 Å². The molecule has 4 nitrogen and oxygen atoms in total. The summed E-state index contributed by atoms with van der Waals surface area (Å²) in [7, 11) is 0. The summed E-state index contributed by atoms with van der Waals surface area (Å²) in [5, 5.41) is 10.0. The molecular formula is C15H22N2O2. The Morgan fingerprint density at radius 2 is 2.26 bits per heavy atom. The third-order valence-electron chi connectivity index (χ3n) is 3.67. The van der Waals surface area contributed by atoms with Crippen LogP contribution in [-0.4, -0.2) is 23.6 Å². The minimum absolute atomic E-state index is 0.154. The number of fused-ring (bicyclic) bond motifs is 1. The third-order valence-corrected chi connectivity index (χ3v) is 3.67. The Labute approximate surface area is 114 Å². The van der Waals surface area contributed by atoms with Crippen molar-refractivity contribution in [1.29, 1.82) is 0 Å². The number of hydrogen-bond acceptors (Lipinski definition) is 3. The van der Waals surface area contributed by atoms with E-state index < -0.39 is 6.10 Å². The normalized spacial score (nSPS) is 17.8. The number of amides is 1. The van der Waals surface area contributed by atoms with Crippen molar-refractivity contribution in [3.8, 4) is 0 Å². The molecule has 0 saturated heterocycles. The fourth-order valence-corrected chi connectivity index (χ4v) is 2.55. The molecule has 0 radical (unpaired) electrons. The van der Waals surface area contributed by atoms with Gasteiger partial charge in [-0.05, 0) is 37.0 Å². The molecule has 1 aliphatic rings. The van der Waals surface area contributed by atoms with Gasteiger partial charge in [0.25, 0.3) is 0 Å². The molecule has 1 amide bonds. The van der Waals surface area contributed by atoms with Gasteiger partial charge in [0.05, 0.1) is 6.10 Å². The van der Waals surface area contributed by atoms with Crippen LogP contribution in [0.5, 0.6) is 0 Å². The van der Waals surface area contributed by atoms with E-state index in [0.29, 0.717) is 6.42 Å². The van der Waals surface area contributed by atoms with Crippen LogP contribution in [0.3, 0.4) is 0 Å². The van der Waals surface area contributed by atoms with E-state index in [0.717, 1.165) is 36.2 Å². The van der Waals surface area contributed by atoms with Crippen molar-refractivity contribution in [1.82, 2.24) is 0 Å². The molecule has 104 valence electrons. The molecule has 2 rings (SSSR count). The summed E-state index contributed by atoms with van der Waals surface area (Å²) < 4.78 is 0. The van der Waals surface area contributed by atoms with Crippen LogP contribution >= 0.6 is 0 Å². The lowest BCUT2D eigenvalue weighted by Crippen LogP contribution is -2.35. The first kappa shape index (κ1) is 14.0. The highest BCUT2D eigenvalue weighted by molar-refractivity contribution is 5.94. The summed E-state index contributed by atoms with van der Waals surface area (Å²) in [5.74, 6) is 0.154. The molecule has 1 aromatic rings. The van der Waals surface area contributed by atoms with E-state index in [9.17, 15) is 9.90 Å². The van der Waals surface area contributed by atoms with Crippen LogP contribution in [-0.2, 0) is 11.2 Å². The zero-order chi connectivity index (χ0) is 14.0. The highest BCUT2D eigenvalue weighted by Gasteiger charge is 2.23. The number of aliphatic hydroxyl groups excluding tert-OH is 1. The van der Waals surface area contributed by atoms with Crippen molar-refractivity contribution in [3.05, 3.63) is 29.3 Å². The fourth-order valence-electron chi connectivity index (χ4n) is 2.55. The van der Waals surface area contributed by atoms with Crippen LogP contribution in [0.15, 0.2) is 18.2 Å². The van der Waals surface area contributed by atoms with Gasteiger partial charge in [-0.2, -0.15) is 0 Å². The van der Waals surface area contributed by atoms with Gasteiger partial charge >= 0.3 is 0 Å². The predicted molar refractivity (Wildman–Crippen MR) is 76.0 cm³/mol. The van der Waals surface area contributed by atoms with Crippen LogP contribution < -0.4 is 10.6 Å². The van der Waals surface area contributed by atoms with Crippen LogP contribution in [0.4, 0.5) is 5.69 Å². The van der Waals surface area contributed by atoms with Crippen LogP contribution in [0, 0.1) is 0 Å². The lowest BCUT2D eigenvalue weighted by Gasteiger charge is -2.30. The number of carbonyl (C=O) groups excluding carboxylic acids is 1.